The minimum absolute atomic E-state index is 0.827. The molecule has 1 N–H and O–H groups in total. The van der Waals surface area contributed by atoms with Gasteiger partial charge in [-0.05, 0) is 39.5 Å². The minimum Gasteiger partial charge on any atom is -0.314 e. The minimum atomic E-state index is 0.827. The van der Waals surface area contributed by atoms with E-state index in [1.54, 1.807) is 0 Å². The highest BCUT2D eigenvalue weighted by Gasteiger charge is 2.30. The molecular weight excluding hydrogens is 174 g/mol. The summed E-state index contributed by atoms with van der Waals surface area (Å²) in [6.07, 6.45) is 2.72. The lowest BCUT2D eigenvalue weighted by molar-refractivity contribution is 0.0621. The molecule has 0 spiro atoms. The molecule has 0 aromatic heterocycles. The molecule has 0 aliphatic carbocycles. The maximum absolute atomic E-state index is 3.37. The maximum atomic E-state index is 3.37. The zero-order valence-corrected chi connectivity index (χ0v) is 9.50. The summed E-state index contributed by atoms with van der Waals surface area (Å²) < 4.78 is 0. The van der Waals surface area contributed by atoms with Gasteiger partial charge in [0.15, 0.2) is 0 Å². The van der Waals surface area contributed by atoms with Crippen molar-refractivity contribution in [1.82, 2.24) is 15.1 Å². The lowest BCUT2D eigenvalue weighted by Crippen LogP contribution is -2.61. The number of nitrogens with one attached hydrogen (secondary N) is 1. The van der Waals surface area contributed by atoms with E-state index in [1.165, 1.54) is 45.6 Å². The van der Waals surface area contributed by atoms with Crippen molar-refractivity contribution in [2.24, 2.45) is 0 Å². The summed E-state index contributed by atoms with van der Waals surface area (Å²) in [6.45, 7) is 8.50. The molecule has 3 nitrogen and oxygen atoms in total. The van der Waals surface area contributed by atoms with E-state index in [2.05, 4.69) is 29.1 Å². The molecule has 0 atom stereocenters. The molecule has 2 heterocycles. The zero-order chi connectivity index (χ0) is 9.97. The average Bonchev–Trinajstić information content (AvgIpc) is 2.13. The number of hydrogen-bond donors (Lipinski definition) is 1. The number of rotatable bonds is 3. The van der Waals surface area contributed by atoms with Crippen LogP contribution in [0.5, 0.6) is 0 Å². The Labute approximate surface area is 87.4 Å². The molecule has 0 saturated carbocycles. The highest BCUT2D eigenvalue weighted by molar-refractivity contribution is 4.89. The molecule has 2 aliphatic rings. The van der Waals surface area contributed by atoms with Crippen LogP contribution in [0.2, 0.25) is 0 Å². The predicted molar refractivity (Wildman–Crippen MR) is 59.6 cm³/mol. The summed E-state index contributed by atoms with van der Waals surface area (Å²) >= 11 is 0. The van der Waals surface area contributed by atoms with E-state index in [-0.39, 0.29) is 0 Å². The van der Waals surface area contributed by atoms with E-state index in [0.29, 0.717) is 0 Å². The second-order valence-electron chi connectivity index (χ2n) is 4.68. The molecule has 0 bridgehead atoms. The summed E-state index contributed by atoms with van der Waals surface area (Å²) in [6, 6.07) is 1.68. The van der Waals surface area contributed by atoms with Crippen LogP contribution in [0.1, 0.15) is 19.8 Å². The fourth-order valence-corrected chi connectivity index (χ4v) is 2.65. The highest BCUT2D eigenvalue weighted by Crippen LogP contribution is 2.19. The number of hydrogen-bond acceptors (Lipinski definition) is 3. The van der Waals surface area contributed by atoms with Crippen molar-refractivity contribution in [3.8, 4) is 0 Å². The van der Waals surface area contributed by atoms with Gasteiger partial charge in [0.2, 0.25) is 0 Å². The van der Waals surface area contributed by atoms with E-state index < -0.39 is 0 Å². The molecule has 2 fully saturated rings. The normalized spacial score (nSPS) is 26.8. The molecule has 14 heavy (non-hydrogen) atoms. The molecule has 2 aliphatic heterocycles. The third-order valence-electron chi connectivity index (χ3n) is 3.75. The van der Waals surface area contributed by atoms with Crippen molar-refractivity contribution in [2.75, 3.05) is 39.8 Å². The van der Waals surface area contributed by atoms with Crippen LogP contribution in [0, 0.1) is 0 Å². The van der Waals surface area contributed by atoms with Crippen molar-refractivity contribution < 1.29 is 0 Å². The Kier molecular flexibility index (Phi) is 3.42. The van der Waals surface area contributed by atoms with E-state index >= 15 is 0 Å². The largest absolute Gasteiger partial charge is 0.314 e. The Bertz CT molecular complexity index is 171. The summed E-state index contributed by atoms with van der Waals surface area (Å²) in [5.74, 6) is 0. The first-order valence-corrected chi connectivity index (χ1v) is 5.96. The van der Waals surface area contributed by atoms with Crippen LogP contribution in [-0.4, -0.2) is 61.7 Å². The topological polar surface area (TPSA) is 18.5 Å². The van der Waals surface area contributed by atoms with Crippen molar-refractivity contribution in [2.45, 2.75) is 31.8 Å². The first-order chi connectivity index (χ1) is 6.81. The van der Waals surface area contributed by atoms with Crippen LogP contribution in [0.3, 0.4) is 0 Å². The molecule has 82 valence electrons. The van der Waals surface area contributed by atoms with Gasteiger partial charge in [0.25, 0.3) is 0 Å². The Morgan fingerprint density at radius 1 is 1.21 bits per heavy atom. The summed E-state index contributed by atoms with van der Waals surface area (Å²) in [5.41, 5.74) is 0. The molecule has 2 saturated heterocycles. The molecule has 0 aromatic rings. The van der Waals surface area contributed by atoms with Crippen LogP contribution in [0.25, 0.3) is 0 Å². The van der Waals surface area contributed by atoms with Crippen LogP contribution in [0.15, 0.2) is 0 Å². The quantitative estimate of drug-likeness (QED) is 0.705. The number of likely N-dealkylation sites (N-methyl/N-ethyl adjacent to an activating group) is 1. The Hall–Kier alpha value is -0.120. The predicted octanol–water partition coefficient (Wildman–Crippen LogP) is 0.374. The van der Waals surface area contributed by atoms with E-state index in [4.69, 9.17) is 0 Å². The van der Waals surface area contributed by atoms with Gasteiger partial charge in [-0.1, -0.05) is 6.92 Å². The zero-order valence-electron chi connectivity index (χ0n) is 9.50. The average molecular weight is 197 g/mol. The molecular formula is C11H23N3. The Morgan fingerprint density at radius 3 is 2.29 bits per heavy atom. The third-order valence-corrected chi connectivity index (χ3v) is 3.75. The summed E-state index contributed by atoms with van der Waals surface area (Å²) in [7, 11) is 2.23. The second kappa shape index (κ2) is 4.60. The lowest BCUT2D eigenvalue weighted by Gasteiger charge is -2.45. The molecule has 0 aromatic carbocycles. The van der Waals surface area contributed by atoms with E-state index in [0.717, 1.165) is 12.1 Å². The van der Waals surface area contributed by atoms with Gasteiger partial charge in [-0.15, -0.1) is 0 Å². The van der Waals surface area contributed by atoms with E-state index in [1.807, 2.05) is 0 Å². The maximum Gasteiger partial charge on any atom is 0.0348 e. The molecule has 2 rings (SSSR count). The van der Waals surface area contributed by atoms with E-state index in [9.17, 15) is 0 Å². The van der Waals surface area contributed by atoms with Gasteiger partial charge in [-0.25, -0.2) is 0 Å². The van der Waals surface area contributed by atoms with Gasteiger partial charge in [0.05, 0.1) is 0 Å². The van der Waals surface area contributed by atoms with Gasteiger partial charge >= 0.3 is 0 Å². The summed E-state index contributed by atoms with van der Waals surface area (Å²) in [5, 5.41) is 3.37. The number of nitrogens with zero attached hydrogens (tertiary/aromatic N) is 2. The lowest BCUT2D eigenvalue weighted by atomic mass is 9.99. The van der Waals surface area contributed by atoms with Crippen LogP contribution >= 0.6 is 0 Å². The van der Waals surface area contributed by atoms with Crippen LogP contribution < -0.4 is 5.32 Å². The van der Waals surface area contributed by atoms with Gasteiger partial charge < -0.3 is 10.2 Å². The molecule has 3 heteroatoms. The van der Waals surface area contributed by atoms with Gasteiger partial charge in [0.1, 0.15) is 0 Å². The van der Waals surface area contributed by atoms with Gasteiger partial charge in [-0.3, -0.25) is 4.90 Å². The van der Waals surface area contributed by atoms with Crippen molar-refractivity contribution in [3.63, 3.8) is 0 Å². The van der Waals surface area contributed by atoms with Crippen molar-refractivity contribution in [1.29, 1.82) is 0 Å². The fraction of sp³-hybridized carbons (Fsp3) is 1.00. The molecule has 0 radical (unpaired) electrons. The molecule has 0 amide bonds. The first kappa shape index (κ1) is 10.4. The van der Waals surface area contributed by atoms with Crippen molar-refractivity contribution in [3.05, 3.63) is 0 Å². The van der Waals surface area contributed by atoms with Crippen molar-refractivity contribution >= 4 is 0 Å². The smallest absolute Gasteiger partial charge is 0.0348 e. The van der Waals surface area contributed by atoms with Crippen LogP contribution in [-0.2, 0) is 0 Å². The number of likely N-dealkylation sites (tertiary alicyclic amines) is 1. The van der Waals surface area contributed by atoms with Gasteiger partial charge in [-0.2, -0.15) is 0 Å². The summed E-state index contributed by atoms with van der Waals surface area (Å²) in [4.78, 5) is 5.16. The van der Waals surface area contributed by atoms with Gasteiger partial charge in [0, 0.05) is 25.2 Å². The standard InChI is InChI=1S/C11H23N3/c1-3-14(11-8-12-9-11)10-4-6-13(2)7-5-10/h10-12H,3-9H2,1-2H3. The Morgan fingerprint density at radius 2 is 1.86 bits per heavy atom. The monoisotopic (exact) mass is 197 g/mol. The number of piperidine rings is 1. The Balaban J connectivity index is 1.84. The SMILES string of the molecule is CCN(C1CCN(C)CC1)C1CNC1. The second-order valence-corrected chi connectivity index (χ2v) is 4.68. The fourth-order valence-electron chi connectivity index (χ4n) is 2.65. The third kappa shape index (κ3) is 2.10. The molecule has 0 unspecified atom stereocenters. The highest BCUT2D eigenvalue weighted by atomic mass is 15.3. The first-order valence-electron chi connectivity index (χ1n) is 5.96. The van der Waals surface area contributed by atoms with Crippen LogP contribution in [0.4, 0.5) is 0 Å².